The highest BCUT2D eigenvalue weighted by atomic mass is 16.1. The van der Waals surface area contributed by atoms with Gasteiger partial charge in [0.25, 0.3) is 0 Å². The smallest absolute Gasteiger partial charge is 0.126 e. The molecule has 74 valence electrons. The van der Waals surface area contributed by atoms with Crippen LogP contribution < -0.4 is 0 Å². The normalized spacial score (nSPS) is 45.3. The van der Waals surface area contributed by atoms with Gasteiger partial charge >= 0.3 is 0 Å². The topological polar surface area (TPSA) is 17.1 Å². The summed E-state index contributed by atoms with van der Waals surface area (Å²) in [6, 6.07) is 0. The van der Waals surface area contributed by atoms with Crippen LogP contribution in [-0.4, -0.2) is 6.29 Å². The molecule has 0 aliphatic heterocycles. The molecule has 3 atom stereocenters. The van der Waals surface area contributed by atoms with E-state index in [2.05, 4.69) is 6.92 Å². The van der Waals surface area contributed by atoms with Crippen molar-refractivity contribution in [3.05, 3.63) is 0 Å². The number of carbonyl (C=O) groups is 1. The van der Waals surface area contributed by atoms with E-state index in [1.165, 1.54) is 44.8 Å². The zero-order chi connectivity index (χ0) is 9.31. The fourth-order valence-electron chi connectivity index (χ4n) is 3.50. The summed E-state index contributed by atoms with van der Waals surface area (Å²) in [6.07, 6.45) is 10.5. The molecule has 0 spiro atoms. The Bertz CT molecular complexity index is 197. The van der Waals surface area contributed by atoms with Crippen LogP contribution >= 0.6 is 0 Å². The molecule has 0 saturated heterocycles. The van der Waals surface area contributed by atoms with Crippen LogP contribution in [0.25, 0.3) is 0 Å². The van der Waals surface area contributed by atoms with Gasteiger partial charge in [0.05, 0.1) is 0 Å². The number of carbonyl (C=O) groups excluding carboxylic acids is 1. The van der Waals surface area contributed by atoms with Crippen LogP contribution in [0.15, 0.2) is 0 Å². The molecule has 1 heteroatoms. The summed E-state index contributed by atoms with van der Waals surface area (Å²) < 4.78 is 0. The van der Waals surface area contributed by atoms with E-state index in [0.717, 1.165) is 12.3 Å². The van der Waals surface area contributed by atoms with Crippen molar-refractivity contribution >= 4 is 6.29 Å². The van der Waals surface area contributed by atoms with Gasteiger partial charge in [-0.25, -0.2) is 0 Å². The zero-order valence-electron chi connectivity index (χ0n) is 8.59. The lowest BCUT2D eigenvalue weighted by atomic mass is 9.59. The molecule has 0 N–H and O–H groups in total. The molecule has 0 bridgehead atoms. The van der Waals surface area contributed by atoms with Crippen molar-refractivity contribution in [3.8, 4) is 0 Å². The lowest BCUT2D eigenvalue weighted by Gasteiger charge is -2.45. The van der Waals surface area contributed by atoms with Crippen LogP contribution in [0.2, 0.25) is 0 Å². The van der Waals surface area contributed by atoms with Crippen molar-refractivity contribution in [1.29, 1.82) is 0 Å². The SMILES string of the molecule is CC1(C=O)CCCC2CCCCC21. The van der Waals surface area contributed by atoms with E-state index in [4.69, 9.17) is 0 Å². The summed E-state index contributed by atoms with van der Waals surface area (Å²) in [4.78, 5) is 11.1. The summed E-state index contributed by atoms with van der Waals surface area (Å²) in [5.41, 5.74) is 0.0311. The summed E-state index contributed by atoms with van der Waals surface area (Å²) in [5, 5.41) is 0. The second kappa shape index (κ2) is 3.43. The van der Waals surface area contributed by atoms with Crippen LogP contribution in [0.3, 0.4) is 0 Å². The minimum absolute atomic E-state index is 0.0311. The van der Waals surface area contributed by atoms with Gasteiger partial charge < -0.3 is 4.79 Å². The van der Waals surface area contributed by atoms with Crippen LogP contribution in [0.1, 0.15) is 51.9 Å². The fraction of sp³-hybridized carbons (Fsp3) is 0.917. The fourth-order valence-corrected chi connectivity index (χ4v) is 3.50. The van der Waals surface area contributed by atoms with Gasteiger partial charge in [-0.2, -0.15) is 0 Å². The molecule has 2 rings (SSSR count). The van der Waals surface area contributed by atoms with Crippen molar-refractivity contribution in [1.82, 2.24) is 0 Å². The molecular weight excluding hydrogens is 160 g/mol. The van der Waals surface area contributed by atoms with E-state index in [0.29, 0.717) is 5.92 Å². The molecule has 2 aliphatic carbocycles. The van der Waals surface area contributed by atoms with Crippen LogP contribution in [0.5, 0.6) is 0 Å². The molecule has 1 nitrogen and oxygen atoms in total. The highest BCUT2D eigenvalue weighted by molar-refractivity contribution is 5.59. The molecule has 0 amide bonds. The number of rotatable bonds is 1. The summed E-state index contributed by atoms with van der Waals surface area (Å²) in [6.45, 7) is 2.18. The summed E-state index contributed by atoms with van der Waals surface area (Å²) in [5.74, 6) is 1.59. The predicted octanol–water partition coefficient (Wildman–Crippen LogP) is 3.18. The molecule has 2 fully saturated rings. The van der Waals surface area contributed by atoms with Gasteiger partial charge in [0, 0.05) is 5.41 Å². The van der Waals surface area contributed by atoms with Crippen molar-refractivity contribution in [2.45, 2.75) is 51.9 Å². The van der Waals surface area contributed by atoms with Gasteiger partial charge in [-0.05, 0) is 24.7 Å². The number of hydrogen-bond donors (Lipinski definition) is 0. The van der Waals surface area contributed by atoms with Crippen molar-refractivity contribution in [3.63, 3.8) is 0 Å². The average molecular weight is 180 g/mol. The zero-order valence-corrected chi connectivity index (χ0v) is 8.59. The Hall–Kier alpha value is -0.330. The highest BCUT2D eigenvalue weighted by Crippen LogP contribution is 2.49. The average Bonchev–Trinajstić information content (AvgIpc) is 2.19. The van der Waals surface area contributed by atoms with E-state index in [1.54, 1.807) is 0 Å². The number of aldehydes is 1. The Balaban J connectivity index is 2.15. The number of hydrogen-bond acceptors (Lipinski definition) is 1. The lowest BCUT2D eigenvalue weighted by Crippen LogP contribution is -2.39. The van der Waals surface area contributed by atoms with Crippen LogP contribution in [-0.2, 0) is 4.79 Å². The van der Waals surface area contributed by atoms with Gasteiger partial charge in [0.1, 0.15) is 6.29 Å². The predicted molar refractivity (Wildman–Crippen MR) is 53.5 cm³/mol. The third-order valence-electron chi connectivity index (χ3n) is 4.32. The van der Waals surface area contributed by atoms with Crippen LogP contribution in [0.4, 0.5) is 0 Å². The van der Waals surface area contributed by atoms with Gasteiger partial charge in [-0.15, -0.1) is 0 Å². The molecule has 0 heterocycles. The molecule has 0 aromatic carbocycles. The lowest BCUT2D eigenvalue weighted by molar-refractivity contribution is -0.123. The highest BCUT2D eigenvalue weighted by Gasteiger charge is 2.42. The van der Waals surface area contributed by atoms with E-state index < -0.39 is 0 Å². The standard InChI is InChI=1S/C12H20O/c1-12(9-13)8-4-6-10-5-2-3-7-11(10)12/h9-11H,2-8H2,1H3. The Morgan fingerprint density at radius 3 is 2.62 bits per heavy atom. The molecule has 0 radical (unpaired) electrons. The van der Waals surface area contributed by atoms with Gasteiger partial charge in [0.2, 0.25) is 0 Å². The monoisotopic (exact) mass is 180 g/mol. The van der Waals surface area contributed by atoms with E-state index in [-0.39, 0.29) is 5.41 Å². The first-order chi connectivity index (χ1) is 6.26. The van der Waals surface area contributed by atoms with Crippen molar-refractivity contribution < 1.29 is 4.79 Å². The minimum atomic E-state index is 0.0311. The van der Waals surface area contributed by atoms with Crippen molar-refractivity contribution in [2.75, 3.05) is 0 Å². The Morgan fingerprint density at radius 1 is 1.15 bits per heavy atom. The third-order valence-corrected chi connectivity index (χ3v) is 4.32. The maximum absolute atomic E-state index is 11.1. The second-order valence-corrected chi connectivity index (χ2v) is 5.17. The third kappa shape index (κ3) is 1.53. The largest absolute Gasteiger partial charge is 0.303 e. The molecule has 0 aromatic rings. The second-order valence-electron chi connectivity index (χ2n) is 5.17. The van der Waals surface area contributed by atoms with E-state index >= 15 is 0 Å². The first-order valence-corrected chi connectivity index (χ1v) is 5.72. The summed E-state index contributed by atoms with van der Waals surface area (Å²) >= 11 is 0. The molecular formula is C12H20O. The Labute approximate surface area is 80.9 Å². The van der Waals surface area contributed by atoms with Gasteiger partial charge in [0.15, 0.2) is 0 Å². The number of fused-ring (bicyclic) bond motifs is 1. The van der Waals surface area contributed by atoms with Gasteiger partial charge in [-0.3, -0.25) is 0 Å². The van der Waals surface area contributed by atoms with E-state index in [1.807, 2.05) is 0 Å². The quantitative estimate of drug-likeness (QED) is 0.566. The first-order valence-electron chi connectivity index (χ1n) is 5.72. The minimum Gasteiger partial charge on any atom is -0.303 e. The summed E-state index contributed by atoms with van der Waals surface area (Å²) in [7, 11) is 0. The van der Waals surface area contributed by atoms with E-state index in [9.17, 15) is 4.79 Å². The van der Waals surface area contributed by atoms with Crippen molar-refractivity contribution in [2.24, 2.45) is 17.3 Å². The molecule has 3 unspecified atom stereocenters. The van der Waals surface area contributed by atoms with Gasteiger partial charge in [-0.1, -0.05) is 39.0 Å². The first kappa shape index (κ1) is 9.23. The maximum atomic E-state index is 11.1. The molecule has 2 saturated carbocycles. The maximum Gasteiger partial charge on any atom is 0.126 e. The molecule has 13 heavy (non-hydrogen) atoms. The Morgan fingerprint density at radius 2 is 1.85 bits per heavy atom. The molecule has 0 aromatic heterocycles. The Kier molecular flexibility index (Phi) is 2.44. The van der Waals surface area contributed by atoms with Crippen LogP contribution in [0, 0.1) is 17.3 Å². The molecule has 2 aliphatic rings.